The Labute approximate surface area is 289 Å². The van der Waals surface area contributed by atoms with E-state index in [0.29, 0.717) is 29.6 Å². The lowest BCUT2D eigenvalue weighted by Crippen LogP contribution is -2.67. The molecule has 5 fully saturated rings. The molecule has 0 radical (unpaired) electrons. The number of rotatable bonds is 6. The van der Waals surface area contributed by atoms with Gasteiger partial charge in [-0.2, -0.15) is 0 Å². The molecule has 8 rings (SSSR count). The number of allylic oxidation sites excluding steroid dienone is 1. The van der Waals surface area contributed by atoms with Gasteiger partial charge in [-0.05, 0) is 86.7 Å². The molecule has 1 spiro atoms. The van der Waals surface area contributed by atoms with Gasteiger partial charge in [-0.3, -0.25) is 9.59 Å². The highest BCUT2D eigenvalue weighted by atomic mass is 16.6. The van der Waals surface area contributed by atoms with Gasteiger partial charge in [-0.25, -0.2) is 14.4 Å². The first-order valence-electron chi connectivity index (χ1n) is 17.5. The van der Waals surface area contributed by atoms with Gasteiger partial charge in [0.25, 0.3) is 0 Å². The van der Waals surface area contributed by atoms with Crippen molar-refractivity contribution in [1.82, 2.24) is 0 Å². The molecule has 3 N–H and O–H groups in total. The zero-order valence-corrected chi connectivity index (χ0v) is 29.4. The molecule has 268 valence electrons. The van der Waals surface area contributed by atoms with Gasteiger partial charge in [0.15, 0.2) is 11.4 Å². The summed E-state index contributed by atoms with van der Waals surface area (Å²) >= 11 is 0. The summed E-state index contributed by atoms with van der Waals surface area (Å²) in [7, 11) is 1.18. The van der Waals surface area contributed by atoms with Gasteiger partial charge in [0.05, 0.1) is 18.3 Å². The van der Waals surface area contributed by atoms with E-state index in [1.165, 1.54) is 21.0 Å². The van der Waals surface area contributed by atoms with Crippen LogP contribution >= 0.6 is 0 Å². The number of ether oxygens (including phenoxy) is 4. The Morgan fingerprint density at radius 2 is 1.64 bits per heavy atom. The van der Waals surface area contributed by atoms with Crippen molar-refractivity contribution in [1.29, 1.82) is 0 Å². The monoisotopic (exact) mass is 692 g/mol. The van der Waals surface area contributed by atoms with E-state index in [-0.39, 0.29) is 65.4 Å². The fourth-order valence-corrected chi connectivity index (χ4v) is 12.2. The first-order chi connectivity index (χ1) is 23.4. The highest BCUT2D eigenvalue weighted by Gasteiger charge is 2.86. The van der Waals surface area contributed by atoms with Crippen LogP contribution < -0.4 is 0 Å². The third-order valence-electron chi connectivity index (χ3n) is 14.6. The van der Waals surface area contributed by atoms with Crippen LogP contribution in [0, 0.1) is 46.3 Å². The number of aliphatic hydroxyl groups excluding tert-OH is 1. The Bertz CT molecular complexity index is 1850. The van der Waals surface area contributed by atoms with E-state index >= 15 is 0 Å². The normalized spacial score (nSPS) is 46.9. The number of carbonyl (C=O) groups is 5. The third-order valence-corrected chi connectivity index (χ3v) is 14.6. The predicted molar refractivity (Wildman–Crippen MR) is 171 cm³/mol. The van der Waals surface area contributed by atoms with Crippen LogP contribution in [0.5, 0.6) is 0 Å². The molecule has 1 aliphatic heterocycles. The predicted octanol–water partition coefficient (Wildman–Crippen LogP) is 2.19. The maximum Gasteiger partial charge on any atom is 0.338 e. The zero-order chi connectivity index (χ0) is 36.2. The van der Waals surface area contributed by atoms with Crippen LogP contribution in [0.1, 0.15) is 67.2 Å². The van der Waals surface area contributed by atoms with E-state index < -0.39 is 81.8 Å². The van der Waals surface area contributed by atoms with Crippen LogP contribution in [-0.4, -0.2) is 88.2 Å². The molecular weight excluding hydrogens is 648 g/mol. The van der Waals surface area contributed by atoms with E-state index in [1.807, 2.05) is 6.92 Å². The summed E-state index contributed by atoms with van der Waals surface area (Å²) in [6.07, 6.45) is 1.43. The number of ketones is 1. The number of esters is 4. The summed E-state index contributed by atoms with van der Waals surface area (Å²) in [5, 5.41) is 37.4. The van der Waals surface area contributed by atoms with Crippen molar-refractivity contribution in [3.05, 3.63) is 45.1 Å². The molecule has 0 saturated heterocycles. The van der Waals surface area contributed by atoms with E-state index in [2.05, 4.69) is 0 Å². The van der Waals surface area contributed by atoms with Crippen LogP contribution in [0.2, 0.25) is 0 Å². The van der Waals surface area contributed by atoms with Gasteiger partial charge in [-0.1, -0.05) is 19.9 Å². The molecule has 0 bridgehead atoms. The lowest BCUT2D eigenvalue weighted by Gasteiger charge is -2.63. The van der Waals surface area contributed by atoms with Gasteiger partial charge >= 0.3 is 23.9 Å². The van der Waals surface area contributed by atoms with Crippen LogP contribution in [0.4, 0.5) is 0 Å². The average Bonchev–Trinajstić information content (AvgIpc) is 3.99. The SMILES string of the molecule is C/C=C(/C)C(=O)OC[C@@]1(O)[C@@H]2C[C@@H]2[C@]2(C)[C@@H]1CC1=C(COC(C)=O)C(=O)O[C@]13C1=C4[C@](C)([C@H](O)C(=O)/C1=C(/C)C(=O)OC)[C@H]1C[C@H]1[C@]4(O)C[C@@H]32. The summed E-state index contributed by atoms with van der Waals surface area (Å²) in [6.45, 7) is 9.09. The number of fused-ring (bicyclic) bond motifs is 7. The van der Waals surface area contributed by atoms with E-state index in [1.54, 1.807) is 26.8 Å². The van der Waals surface area contributed by atoms with Crippen LogP contribution in [0.15, 0.2) is 45.1 Å². The molecule has 12 heteroatoms. The molecule has 0 aromatic rings. The Morgan fingerprint density at radius 3 is 2.28 bits per heavy atom. The molecule has 12 atom stereocenters. The summed E-state index contributed by atoms with van der Waals surface area (Å²) in [6, 6.07) is 0. The second-order valence-corrected chi connectivity index (χ2v) is 16.4. The lowest BCUT2D eigenvalue weighted by atomic mass is 9.43. The molecular formula is C38H44O12. The molecule has 0 aromatic carbocycles. The molecule has 12 nitrogen and oxygen atoms in total. The highest BCUT2D eigenvalue weighted by Crippen LogP contribution is 2.84. The fourth-order valence-electron chi connectivity index (χ4n) is 12.2. The number of Topliss-reactive ketones (excluding diaryl/α,β-unsaturated/α-hetero) is 1. The minimum atomic E-state index is -1.69. The van der Waals surface area contributed by atoms with Gasteiger partial charge in [0.1, 0.15) is 24.9 Å². The van der Waals surface area contributed by atoms with Crippen LogP contribution in [0.25, 0.3) is 0 Å². The molecule has 0 unspecified atom stereocenters. The first kappa shape index (κ1) is 33.5. The number of hydrogen-bond donors (Lipinski definition) is 3. The van der Waals surface area contributed by atoms with Crippen molar-refractivity contribution in [3.63, 3.8) is 0 Å². The summed E-state index contributed by atoms with van der Waals surface area (Å²) in [5.41, 5.74) is -5.46. The molecule has 7 aliphatic carbocycles. The molecule has 0 aromatic heterocycles. The topological polar surface area (TPSA) is 183 Å². The second-order valence-electron chi connectivity index (χ2n) is 16.4. The minimum absolute atomic E-state index is 0.0639. The maximum absolute atomic E-state index is 14.5. The number of hydrogen-bond acceptors (Lipinski definition) is 12. The first-order valence-corrected chi connectivity index (χ1v) is 17.5. The average molecular weight is 693 g/mol. The third kappa shape index (κ3) is 3.65. The Kier molecular flexibility index (Phi) is 6.73. The number of methoxy groups -OCH3 is 1. The highest BCUT2D eigenvalue weighted by molar-refractivity contribution is 6.12. The molecule has 50 heavy (non-hydrogen) atoms. The van der Waals surface area contributed by atoms with Crippen molar-refractivity contribution in [2.45, 2.75) is 90.1 Å². The van der Waals surface area contributed by atoms with Crippen molar-refractivity contribution < 1.29 is 58.2 Å². The molecule has 8 aliphatic rings. The van der Waals surface area contributed by atoms with Gasteiger partial charge < -0.3 is 34.3 Å². The lowest BCUT2D eigenvalue weighted by molar-refractivity contribution is -0.186. The van der Waals surface area contributed by atoms with Crippen molar-refractivity contribution >= 4 is 29.7 Å². The minimum Gasteiger partial charge on any atom is -0.466 e. The molecule has 0 amide bonds. The van der Waals surface area contributed by atoms with Gasteiger partial charge in [-0.15, -0.1) is 0 Å². The smallest absolute Gasteiger partial charge is 0.338 e. The van der Waals surface area contributed by atoms with Crippen LogP contribution in [0.3, 0.4) is 0 Å². The molecule has 5 saturated carbocycles. The van der Waals surface area contributed by atoms with Crippen LogP contribution in [-0.2, 0) is 42.9 Å². The van der Waals surface area contributed by atoms with E-state index in [4.69, 9.17) is 18.9 Å². The van der Waals surface area contributed by atoms with E-state index in [9.17, 15) is 39.3 Å². The Balaban J connectivity index is 1.41. The maximum atomic E-state index is 14.5. The quantitative estimate of drug-likeness (QED) is 0.210. The summed E-state index contributed by atoms with van der Waals surface area (Å²) < 4.78 is 22.8. The van der Waals surface area contributed by atoms with Crippen molar-refractivity contribution in [2.24, 2.45) is 46.3 Å². The van der Waals surface area contributed by atoms with Crippen molar-refractivity contribution in [3.8, 4) is 0 Å². The standard InChI is InChI=1S/C38H44O12/c1-8-15(2)31(42)49-14-37(46)23-9-20(23)34(5)24(37)11-19-18(13-48-17(4)39)33(44)50-38(19)25(34)12-36(45)22-10-21(22)35(6)29(36)27(38)26(28(40)30(35)41)16(3)32(43)47-7/h8,20-25,30,41,45-46H,9-14H2,1-7H3/b15-8-,26-16-/t20-,21-,22+,23+,24-,25+,30+,34+,35+,36+,37+,38+/m0/s1. The number of carbonyl (C=O) groups excluding carboxylic acids is 5. The second kappa shape index (κ2) is 10.0. The largest absolute Gasteiger partial charge is 0.466 e. The van der Waals surface area contributed by atoms with Crippen molar-refractivity contribution in [2.75, 3.05) is 20.3 Å². The van der Waals surface area contributed by atoms with Gasteiger partial charge in [0.2, 0.25) is 0 Å². The Morgan fingerprint density at radius 1 is 0.960 bits per heavy atom. The zero-order valence-electron chi connectivity index (χ0n) is 29.4. The van der Waals surface area contributed by atoms with E-state index in [0.717, 1.165) is 0 Å². The van der Waals surface area contributed by atoms with Gasteiger partial charge in [0, 0.05) is 46.5 Å². The fraction of sp³-hybridized carbons (Fsp3) is 0.658. The molecule has 1 heterocycles. The summed E-state index contributed by atoms with van der Waals surface area (Å²) in [5.74, 6) is -5.65. The number of aliphatic hydroxyl groups is 3. The Hall–Kier alpha value is -3.61. The summed E-state index contributed by atoms with van der Waals surface area (Å²) in [4.78, 5) is 66.8.